The largest absolute Gasteiger partial charge is 0.459 e. The van der Waals surface area contributed by atoms with Crippen LogP contribution in [0.5, 0.6) is 0 Å². The Bertz CT molecular complexity index is 244. The maximum atomic E-state index is 11.8. The minimum atomic E-state index is -0.361. The molecule has 1 aliphatic carbocycles. The van der Waals surface area contributed by atoms with Gasteiger partial charge in [0.05, 0.1) is 0 Å². The Morgan fingerprint density at radius 2 is 2.14 bits per heavy atom. The van der Waals surface area contributed by atoms with Gasteiger partial charge in [-0.3, -0.25) is 4.79 Å². The fraction of sp³-hybridized carbons (Fsp3) is 0.909. The highest BCUT2D eigenvalue weighted by Gasteiger charge is 2.49. The van der Waals surface area contributed by atoms with E-state index in [-0.39, 0.29) is 17.6 Å². The molecule has 3 atom stereocenters. The van der Waals surface area contributed by atoms with Crippen molar-refractivity contribution >= 4 is 5.97 Å². The second-order valence-corrected chi connectivity index (χ2v) is 5.41. The number of esters is 1. The lowest BCUT2D eigenvalue weighted by molar-refractivity contribution is -0.158. The van der Waals surface area contributed by atoms with Crippen LogP contribution in [0.2, 0.25) is 0 Å². The van der Waals surface area contributed by atoms with E-state index in [4.69, 9.17) is 4.74 Å². The van der Waals surface area contributed by atoms with Crippen molar-refractivity contribution in [3.8, 4) is 0 Å². The van der Waals surface area contributed by atoms with E-state index >= 15 is 0 Å². The van der Waals surface area contributed by atoms with Crippen LogP contribution in [-0.4, -0.2) is 24.2 Å². The van der Waals surface area contributed by atoms with E-state index in [0.717, 1.165) is 12.5 Å². The van der Waals surface area contributed by atoms with E-state index in [1.807, 2.05) is 20.8 Å². The SMILES string of the molecule is CC(C)(C)OC(=O)[C@@H]1NCC[C@H]2C[C@H]21. The predicted molar refractivity (Wildman–Crippen MR) is 53.8 cm³/mol. The van der Waals surface area contributed by atoms with Gasteiger partial charge in [-0.05, 0) is 52.0 Å². The zero-order chi connectivity index (χ0) is 10.3. The van der Waals surface area contributed by atoms with Crippen LogP contribution in [0.25, 0.3) is 0 Å². The molecule has 80 valence electrons. The Kier molecular flexibility index (Phi) is 2.30. The second-order valence-electron chi connectivity index (χ2n) is 5.41. The van der Waals surface area contributed by atoms with E-state index in [9.17, 15) is 4.79 Å². The van der Waals surface area contributed by atoms with Gasteiger partial charge in [0.25, 0.3) is 0 Å². The number of rotatable bonds is 1. The highest BCUT2D eigenvalue weighted by molar-refractivity contribution is 5.77. The number of nitrogens with one attached hydrogen (secondary N) is 1. The first kappa shape index (κ1) is 9.97. The Balaban J connectivity index is 1.91. The van der Waals surface area contributed by atoms with E-state index in [0.29, 0.717) is 5.92 Å². The summed E-state index contributed by atoms with van der Waals surface area (Å²) in [6, 6.07) is -0.0343. The molecule has 1 N–H and O–H groups in total. The van der Waals surface area contributed by atoms with E-state index in [1.54, 1.807) is 0 Å². The molecule has 1 heterocycles. The highest BCUT2D eigenvalue weighted by atomic mass is 16.6. The zero-order valence-corrected chi connectivity index (χ0v) is 9.17. The van der Waals surface area contributed by atoms with Crippen molar-refractivity contribution in [3.05, 3.63) is 0 Å². The van der Waals surface area contributed by atoms with Gasteiger partial charge in [0.2, 0.25) is 0 Å². The van der Waals surface area contributed by atoms with Crippen molar-refractivity contribution in [1.29, 1.82) is 0 Å². The number of piperidine rings is 1. The van der Waals surface area contributed by atoms with Crippen molar-refractivity contribution in [2.45, 2.75) is 45.3 Å². The van der Waals surface area contributed by atoms with Gasteiger partial charge in [-0.25, -0.2) is 0 Å². The topological polar surface area (TPSA) is 38.3 Å². The van der Waals surface area contributed by atoms with Gasteiger partial charge in [0.15, 0.2) is 0 Å². The van der Waals surface area contributed by atoms with Gasteiger partial charge < -0.3 is 10.1 Å². The lowest BCUT2D eigenvalue weighted by Crippen LogP contribution is -2.45. The van der Waals surface area contributed by atoms with Gasteiger partial charge in [0, 0.05) is 0 Å². The molecule has 2 rings (SSSR count). The quantitative estimate of drug-likeness (QED) is 0.644. The number of hydrogen-bond donors (Lipinski definition) is 1. The summed E-state index contributed by atoms with van der Waals surface area (Å²) in [7, 11) is 0. The average Bonchev–Trinajstić information content (AvgIpc) is 2.77. The van der Waals surface area contributed by atoms with Crippen molar-refractivity contribution in [2.75, 3.05) is 6.54 Å². The molecule has 1 saturated heterocycles. The van der Waals surface area contributed by atoms with Crippen LogP contribution in [0.3, 0.4) is 0 Å². The Hall–Kier alpha value is -0.570. The molecule has 2 fully saturated rings. The molecule has 1 aliphatic heterocycles. The van der Waals surface area contributed by atoms with E-state index in [1.165, 1.54) is 12.8 Å². The second kappa shape index (κ2) is 3.23. The predicted octanol–water partition coefficient (Wildman–Crippen LogP) is 1.33. The van der Waals surface area contributed by atoms with Gasteiger partial charge in [-0.2, -0.15) is 0 Å². The molecule has 3 nitrogen and oxygen atoms in total. The molecule has 0 amide bonds. The number of carbonyl (C=O) groups is 1. The van der Waals surface area contributed by atoms with Crippen molar-refractivity contribution in [2.24, 2.45) is 11.8 Å². The highest BCUT2D eigenvalue weighted by Crippen LogP contribution is 2.46. The third-order valence-electron chi connectivity index (χ3n) is 2.95. The number of hydrogen-bond acceptors (Lipinski definition) is 3. The molecule has 1 saturated carbocycles. The maximum Gasteiger partial charge on any atom is 0.323 e. The molecule has 0 spiro atoms. The summed E-state index contributed by atoms with van der Waals surface area (Å²) in [5, 5.41) is 3.26. The van der Waals surface area contributed by atoms with Crippen LogP contribution < -0.4 is 5.32 Å². The van der Waals surface area contributed by atoms with E-state index < -0.39 is 0 Å². The molecule has 0 aromatic heterocycles. The summed E-state index contributed by atoms with van der Waals surface area (Å²) >= 11 is 0. The summed E-state index contributed by atoms with van der Waals surface area (Å²) in [5.74, 6) is 1.28. The maximum absolute atomic E-state index is 11.8. The third-order valence-corrected chi connectivity index (χ3v) is 2.95. The number of carbonyl (C=O) groups excluding carboxylic acids is 1. The molecule has 14 heavy (non-hydrogen) atoms. The van der Waals surface area contributed by atoms with Crippen LogP contribution in [0.15, 0.2) is 0 Å². The molecule has 0 aromatic carbocycles. The smallest absolute Gasteiger partial charge is 0.323 e. The molecular weight excluding hydrogens is 178 g/mol. The van der Waals surface area contributed by atoms with Crippen molar-refractivity contribution in [1.82, 2.24) is 5.32 Å². The first-order valence-electron chi connectivity index (χ1n) is 5.43. The molecule has 0 aromatic rings. The fourth-order valence-corrected chi connectivity index (χ4v) is 2.21. The molecule has 0 unspecified atom stereocenters. The summed E-state index contributed by atoms with van der Waals surface area (Å²) < 4.78 is 5.37. The minimum Gasteiger partial charge on any atom is -0.459 e. The molecular formula is C11H19NO2. The van der Waals surface area contributed by atoms with Crippen LogP contribution in [0, 0.1) is 11.8 Å². The third kappa shape index (κ3) is 2.08. The fourth-order valence-electron chi connectivity index (χ4n) is 2.21. The Morgan fingerprint density at radius 3 is 2.79 bits per heavy atom. The molecule has 2 aliphatic rings. The lowest BCUT2D eigenvalue weighted by atomic mass is 10.0. The van der Waals surface area contributed by atoms with E-state index in [2.05, 4.69) is 5.32 Å². The van der Waals surface area contributed by atoms with Crippen molar-refractivity contribution in [3.63, 3.8) is 0 Å². The van der Waals surface area contributed by atoms with Gasteiger partial charge in [-0.1, -0.05) is 0 Å². The summed E-state index contributed by atoms with van der Waals surface area (Å²) in [4.78, 5) is 11.8. The van der Waals surface area contributed by atoms with Crippen molar-refractivity contribution < 1.29 is 9.53 Å². The monoisotopic (exact) mass is 197 g/mol. The number of fused-ring (bicyclic) bond motifs is 1. The normalized spacial score (nSPS) is 36.1. The van der Waals surface area contributed by atoms with Crippen LogP contribution in [0.4, 0.5) is 0 Å². The summed E-state index contributed by atoms with van der Waals surface area (Å²) in [6.07, 6.45) is 2.43. The first-order chi connectivity index (χ1) is 6.47. The Labute approximate surface area is 85.2 Å². The standard InChI is InChI=1S/C11H19NO2/c1-11(2,3)14-10(13)9-8-6-7(8)4-5-12-9/h7-9,12H,4-6H2,1-3H3/t7-,8+,9+/m0/s1. The van der Waals surface area contributed by atoms with Gasteiger partial charge in [0.1, 0.15) is 11.6 Å². The Morgan fingerprint density at radius 1 is 1.43 bits per heavy atom. The van der Waals surface area contributed by atoms with Crippen LogP contribution >= 0.6 is 0 Å². The molecule has 3 heteroatoms. The summed E-state index contributed by atoms with van der Waals surface area (Å²) in [5.41, 5.74) is -0.361. The summed E-state index contributed by atoms with van der Waals surface area (Å²) in [6.45, 7) is 6.71. The van der Waals surface area contributed by atoms with Crippen LogP contribution in [-0.2, 0) is 9.53 Å². The molecule has 0 radical (unpaired) electrons. The molecule has 0 bridgehead atoms. The zero-order valence-electron chi connectivity index (χ0n) is 9.17. The number of ether oxygens (including phenoxy) is 1. The average molecular weight is 197 g/mol. The van der Waals surface area contributed by atoms with Gasteiger partial charge in [-0.15, -0.1) is 0 Å². The van der Waals surface area contributed by atoms with Gasteiger partial charge >= 0.3 is 5.97 Å². The van der Waals surface area contributed by atoms with Crippen LogP contribution in [0.1, 0.15) is 33.6 Å². The first-order valence-corrected chi connectivity index (χ1v) is 5.43. The minimum absolute atomic E-state index is 0.0343. The lowest BCUT2D eigenvalue weighted by Gasteiger charge is -2.26.